The van der Waals surface area contributed by atoms with Crippen molar-refractivity contribution < 1.29 is 15.3 Å². The minimum absolute atomic E-state index is 0.291. The molecule has 0 heterocycles. The summed E-state index contributed by atoms with van der Waals surface area (Å²) in [5, 5.41) is 27.6. The third-order valence-electron chi connectivity index (χ3n) is 2.22. The molecule has 0 saturated heterocycles. The van der Waals surface area contributed by atoms with E-state index < -0.39 is 0 Å². The zero-order chi connectivity index (χ0) is 10.3. The molecule has 0 fully saturated rings. The Morgan fingerprint density at radius 2 is 1.31 bits per heavy atom. The molecule has 0 spiro atoms. The van der Waals surface area contributed by atoms with Gasteiger partial charge in [0.25, 0.3) is 0 Å². The Balaban J connectivity index is 3.34. The summed E-state index contributed by atoms with van der Waals surface area (Å²) in [5.74, 6) is 0. The predicted octanol–water partition coefficient (Wildman–Crippen LogP) is 1.06. The van der Waals surface area contributed by atoms with Crippen LogP contribution in [0.15, 0.2) is 0 Å². The molecule has 3 unspecified atom stereocenters. The van der Waals surface area contributed by atoms with E-state index in [1.54, 1.807) is 6.92 Å². The maximum atomic E-state index is 9.42. The Kier molecular flexibility index (Phi) is 7.23. The van der Waals surface area contributed by atoms with E-state index in [0.717, 1.165) is 6.42 Å². The van der Waals surface area contributed by atoms with Crippen LogP contribution in [0.1, 0.15) is 46.0 Å². The van der Waals surface area contributed by atoms with Crippen LogP contribution in [0.2, 0.25) is 0 Å². The van der Waals surface area contributed by atoms with Gasteiger partial charge in [-0.2, -0.15) is 0 Å². The van der Waals surface area contributed by atoms with Gasteiger partial charge in [-0.1, -0.05) is 6.92 Å². The van der Waals surface area contributed by atoms with Gasteiger partial charge in [0.15, 0.2) is 0 Å². The molecule has 0 aliphatic carbocycles. The Labute approximate surface area is 80.4 Å². The van der Waals surface area contributed by atoms with Gasteiger partial charge in [0, 0.05) is 0 Å². The molecule has 80 valence electrons. The summed E-state index contributed by atoms with van der Waals surface area (Å²) >= 11 is 0. The van der Waals surface area contributed by atoms with E-state index in [0.29, 0.717) is 25.7 Å². The minimum Gasteiger partial charge on any atom is -0.393 e. The molecule has 3 atom stereocenters. The molecule has 0 aromatic rings. The van der Waals surface area contributed by atoms with E-state index in [4.69, 9.17) is 5.11 Å². The SMILES string of the molecule is CCC(O)CCC(O)CCC(C)O. The largest absolute Gasteiger partial charge is 0.393 e. The summed E-state index contributed by atoms with van der Waals surface area (Å²) < 4.78 is 0. The molecule has 0 aliphatic heterocycles. The molecule has 0 saturated carbocycles. The molecule has 3 heteroatoms. The average molecular weight is 190 g/mol. The highest BCUT2D eigenvalue weighted by Gasteiger charge is 2.08. The second kappa shape index (κ2) is 7.30. The lowest BCUT2D eigenvalue weighted by Crippen LogP contribution is -2.14. The van der Waals surface area contributed by atoms with Gasteiger partial charge in [-0.05, 0) is 39.0 Å². The molecule has 0 aliphatic rings. The average Bonchev–Trinajstić information content (AvgIpc) is 2.10. The lowest BCUT2D eigenvalue weighted by molar-refractivity contribution is 0.0913. The fourth-order valence-corrected chi connectivity index (χ4v) is 1.17. The number of rotatable bonds is 7. The molecular formula is C10H22O3. The molecule has 0 aromatic heterocycles. The monoisotopic (exact) mass is 190 g/mol. The van der Waals surface area contributed by atoms with Crippen molar-refractivity contribution >= 4 is 0 Å². The van der Waals surface area contributed by atoms with E-state index in [1.165, 1.54) is 0 Å². The standard InChI is InChI=1S/C10H22O3/c1-3-9(12)6-7-10(13)5-4-8(2)11/h8-13H,3-7H2,1-2H3. The number of hydrogen-bond donors (Lipinski definition) is 3. The zero-order valence-corrected chi connectivity index (χ0v) is 8.61. The minimum atomic E-state index is -0.379. The van der Waals surface area contributed by atoms with Crippen LogP contribution in [-0.4, -0.2) is 33.6 Å². The topological polar surface area (TPSA) is 60.7 Å². The van der Waals surface area contributed by atoms with Crippen LogP contribution in [0, 0.1) is 0 Å². The van der Waals surface area contributed by atoms with Gasteiger partial charge >= 0.3 is 0 Å². The number of hydrogen-bond acceptors (Lipinski definition) is 3. The number of aliphatic hydroxyl groups is 3. The van der Waals surface area contributed by atoms with E-state index in [1.807, 2.05) is 6.92 Å². The van der Waals surface area contributed by atoms with Crippen molar-refractivity contribution in [3.63, 3.8) is 0 Å². The van der Waals surface area contributed by atoms with Crippen LogP contribution in [0.5, 0.6) is 0 Å². The molecule has 0 bridgehead atoms. The van der Waals surface area contributed by atoms with Gasteiger partial charge in [0.1, 0.15) is 0 Å². The van der Waals surface area contributed by atoms with E-state index in [9.17, 15) is 10.2 Å². The van der Waals surface area contributed by atoms with Crippen molar-refractivity contribution in [1.82, 2.24) is 0 Å². The fraction of sp³-hybridized carbons (Fsp3) is 1.00. The van der Waals surface area contributed by atoms with Crippen LogP contribution in [0.3, 0.4) is 0 Å². The molecular weight excluding hydrogens is 168 g/mol. The van der Waals surface area contributed by atoms with Crippen LogP contribution < -0.4 is 0 Å². The quantitative estimate of drug-likeness (QED) is 0.562. The van der Waals surface area contributed by atoms with Crippen molar-refractivity contribution in [3.8, 4) is 0 Å². The van der Waals surface area contributed by atoms with Crippen molar-refractivity contribution in [2.24, 2.45) is 0 Å². The summed E-state index contributed by atoms with van der Waals surface area (Å²) in [5.41, 5.74) is 0. The van der Waals surface area contributed by atoms with Crippen molar-refractivity contribution in [1.29, 1.82) is 0 Å². The molecule has 0 rings (SSSR count). The molecule has 0 amide bonds. The van der Waals surface area contributed by atoms with Crippen molar-refractivity contribution in [2.75, 3.05) is 0 Å². The predicted molar refractivity (Wildman–Crippen MR) is 52.5 cm³/mol. The summed E-state index contributed by atoms with van der Waals surface area (Å²) in [4.78, 5) is 0. The fourth-order valence-electron chi connectivity index (χ4n) is 1.17. The summed E-state index contributed by atoms with van der Waals surface area (Å²) in [6.07, 6.45) is 2.25. The first-order valence-electron chi connectivity index (χ1n) is 5.10. The van der Waals surface area contributed by atoms with E-state index in [2.05, 4.69) is 0 Å². The molecule has 0 aromatic carbocycles. The third kappa shape index (κ3) is 8.22. The summed E-state index contributed by atoms with van der Waals surface area (Å²) in [7, 11) is 0. The first-order valence-corrected chi connectivity index (χ1v) is 5.10. The van der Waals surface area contributed by atoms with E-state index in [-0.39, 0.29) is 18.3 Å². The Bertz CT molecular complexity index is 115. The number of aliphatic hydroxyl groups excluding tert-OH is 3. The van der Waals surface area contributed by atoms with Crippen LogP contribution in [0.4, 0.5) is 0 Å². The highest BCUT2D eigenvalue weighted by Crippen LogP contribution is 2.10. The lowest BCUT2D eigenvalue weighted by Gasteiger charge is -2.13. The summed E-state index contributed by atoms with van der Waals surface area (Å²) in [6, 6.07) is 0. The highest BCUT2D eigenvalue weighted by molar-refractivity contribution is 4.61. The lowest BCUT2D eigenvalue weighted by atomic mass is 10.0. The molecule has 3 nitrogen and oxygen atoms in total. The normalized spacial score (nSPS) is 18.2. The Morgan fingerprint density at radius 3 is 1.77 bits per heavy atom. The van der Waals surface area contributed by atoms with Crippen LogP contribution >= 0.6 is 0 Å². The molecule has 0 radical (unpaired) electrons. The Hall–Kier alpha value is -0.120. The van der Waals surface area contributed by atoms with Gasteiger partial charge in [-0.15, -0.1) is 0 Å². The Morgan fingerprint density at radius 1 is 0.846 bits per heavy atom. The smallest absolute Gasteiger partial charge is 0.0542 e. The maximum absolute atomic E-state index is 9.42. The van der Waals surface area contributed by atoms with Crippen molar-refractivity contribution in [3.05, 3.63) is 0 Å². The van der Waals surface area contributed by atoms with Crippen LogP contribution in [0.25, 0.3) is 0 Å². The second-order valence-corrected chi connectivity index (χ2v) is 3.72. The van der Waals surface area contributed by atoms with Gasteiger partial charge < -0.3 is 15.3 Å². The van der Waals surface area contributed by atoms with Crippen LogP contribution in [-0.2, 0) is 0 Å². The molecule has 3 N–H and O–H groups in total. The molecule has 13 heavy (non-hydrogen) atoms. The zero-order valence-electron chi connectivity index (χ0n) is 8.61. The summed E-state index contributed by atoms with van der Waals surface area (Å²) in [6.45, 7) is 3.64. The van der Waals surface area contributed by atoms with Gasteiger partial charge in [0.05, 0.1) is 18.3 Å². The van der Waals surface area contributed by atoms with Crippen molar-refractivity contribution in [2.45, 2.75) is 64.3 Å². The van der Waals surface area contributed by atoms with E-state index >= 15 is 0 Å². The highest BCUT2D eigenvalue weighted by atomic mass is 16.3. The van der Waals surface area contributed by atoms with Gasteiger partial charge in [-0.25, -0.2) is 0 Å². The first kappa shape index (κ1) is 12.9. The second-order valence-electron chi connectivity index (χ2n) is 3.72. The van der Waals surface area contributed by atoms with Gasteiger partial charge in [0.2, 0.25) is 0 Å². The first-order chi connectivity index (χ1) is 6.06. The maximum Gasteiger partial charge on any atom is 0.0542 e. The third-order valence-corrected chi connectivity index (χ3v) is 2.22. The van der Waals surface area contributed by atoms with Gasteiger partial charge in [-0.3, -0.25) is 0 Å².